The molecule has 0 amide bonds. The first-order valence-corrected chi connectivity index (χ1v) is 7.78. The summed E-state index contributed by atoms with van der Waals surface area (Å²) in [6, 6.07) is 17.0. The fraction of sp³-hybridized carbons (Fsp3) is 0.278. The Morgan fingerprint density at radius 2 is 1.71 bits per heavy atom. The zero-order chi connectivity index (χ0) is 17.4. The molecule has 2 rings (SSSR count). The minimum atomic E-state index is -1.41. The van der Waals surface area contributed by atoms with Crippen LogP contribution in [0.2, 0.25) is 0 Å². The van der Waals surface area contributed by atoms with Crippen molar-refractivity contribution in [3.8, 4) is 0 Å². The minimum absolute atomic E-state index is 0.00470. The molecule has 0 aliphatic heterocycles. The quantitative estimate of drug-likeness (QED) is 0.456. The molecule has 126 valence electrons. The lowest BCUT2D eigenvalue weighted by atomic mass is 9.99. The summed E-state index contributed by atoms with van der Waals surface area (Å²) < 4.78 is 4.84. The van der Waals surface area contributed by atoms with Crippen LogP contribution >= 0.6 is 0 Å². The van der Waals surface area contributed by atoms with Crippen molar-refractivity contribution < 1.29 is 14.5 Å². The molecule has 0 aliphatic carbocycles. The summed E-state index contributed by atoms with van der Waals surface area (Å²) in [6.07, 6.45) is 0.00470. The molecular formula is C18H20N2O4. The highest BCUT2D eigenvalue weighted by Crippen LogP contribution is 2.25. The molecule has 1 unspecified atom stereocenters. The van der Waals surface area contributed by atoms with Crippen molar-refractivity contribution in [2.24, 2.45) is 0 Å². The van der Waals surface area contributed by atoms with E-state index in [1.807, 2.05) is 60.7 Å². The van der Waals surface area contributed by atoms with Gasteiger partial charge in [0, 0.05) is 10.6 Å². The van der Waals surface area contributed by atoms with E-state index in [1.54, 1.807) is 6.92 Å². The number of nitro groups is 1. The standard InChI is InChI=1S/C18H20N2O4/c1-2-24-18(21)17(20(22)23)13-16(14-9-5-3-6-10-14)19-15-11-7-4-8-12-15/h3-12,16-17,19H,2,13H2,1H3/t16-,17?/m0/s1. The molecule has 0 radical (unpaired) electrons. The van der Waals surface area contributed by atoms with Crippen molar-refractivity contribution in [1.82, 2.24) is 0 Å². The fourth-order valence-corrected chi connectivity index (χ4v) is 2.43. The Labute approximate surface area is 140 Å². The molecule has 0 aromatic heterocycles. The molecular weight excluding hydrogens is 308 g/mol. The van der Waals surface area contributed by atoms with Crippen molar-refractivity contribution in [1.29, 1.82) is 0 Å². The molecule has 0 heterocycles. The summed E-state index contributed by atoms with van der Waals surface area (Å²) in [5.41, 5.74) is 1.70. The number of para-hydroxylation sites is 1. The lowest BCUT2D eigenvalue weighted by Crippen LogP contribution is -2.34. The number of nitrogens with one attached hydrogen (secondary N) is 1. The predicted molar refractivity (Wildman–Crippen MR) is 91.3 cm³/mol. The molecule has 0 aliphatic rings. The minimum Gasteiger partial charge on any atom is -0.461 e. The number of rotatable bonds is 8. The number of hydrogen-bond donors (Lipinski definition) is 1. The molecule has 1 N–H and O–H groups in total. The lowest BCUT2D eigenvalue weighted by molar-refractivity contribution is -0.511. The van der Waals surface area contributed by atoms with Gasteiger partial charge in [-0.1, -0.05) is 48.5 Å². The zero-order valence-electron chi connectivity index (χ0n) is 13.4. The molecule has 0 bridgehead atoms. The molecule has 2 aromatic carbocycles. The van der Waals surface area contributed by atoms with E-state index in [2.05, 4.69) is 5.32 Å². The second kappa shape index (κ2) is 8.67. The van der Waals surface area contributed by atoms with Crippen molar-refractivity contribution in [3.05, 3.63) is 76.3 Å². The van der Waals surface area contributed by atoms with Crippen LogP contribution in [0, 0.1) is 10.1 Å². The predicted octanol–water partition coefficient (Wildman–Crippen LogP) is 3.44. The second-order valence-corrected chi connectivity index (χ2v) is 5.26. The summed E-state index contributed by atoms with van der Waals surface area (Å²) >= 11 is 0. The van der Waals surface area contributed by atoms with Crippen LogP contribution < -0.4 is 5.32 Å². The van der Waals surface area contributed by atoms with Gasteiger partial charge in [0.2, 0.25) is 0 Å². The van der Waals surface area contributed by atoms with Gasteiger partial charge < -0.3 is 10.1 Å². The van der Waals surface area contributed by atoms with Gasteiger partial charge in [-0.05, 0) is 24.6 Å². The van der Waals surface area contributed by atoms with Crippen LogP contribution in [-0.2, 0) is 9.53 Å². The van der Waals surface area contributed by atoms with Crippen LogP contribution in [0.15, 0.2) is 60.7 Å². The van der Waals surface area contributed by atoms with Crippen molar-refractivity contribution in [2.45, 2.75) is 25.4 Å². The van der Waals surface area contributed by atoms with Crippen molar-refractivity contribution in [3.63, 3.8) is 0 Å². The van der Waals surface area contributed by atoms with Gasteiger partial charge in [0.15, 0.2) is 0 Å². The van der Waals surface area contributed by atoms with Crippen LogP contribution in [0.1, 0.15) is 24.9 Å². The molecule has 2 atom stereocenters. The van der Waals surface area contributed by atoms with E-state index in [0.717, 1.165) is 11.3 Å². The van der Waals surface area contributed by atoms with Gasteiger partial charge in [0.05, 0.1) is 19.1 Å². The van der Waals surface area contributed by atoms with Gasteiger partial charge in [0.25, 0.3) is 0 Å². The van der Waals surface area contributed by atoms with Gasteiger partial charge in [-0.3, -0.25) is 10.1 Å². The lowest BCUT2D eigenvalue weighted by Gasteiger charge is -2.21. The van der Waals surface area contributed by atoms with E-state index in [1.165, 1.54) is 0 Å². The van der Waals surface area contributed by atoms with E-state index in [4.69, 9.17) is 4.74 Å². The maximum atomic E-state index is 11.9. The van der Waals surface area contributed by atoms with Crippen LogP contribution in [0.25, 0.3) is 0 Å². The molecule has 0 spiro atoms. The number of benzene rings is 2. The first kappa shape index (κ1) is 17.5. The monoisotopic (exact) mass is 328 g/mol. The number of esters is 1. The Bertz CT molecular complexity index is 661. The third-order valence-corrected chi connectivity index (χ3v) is 3.59. The molecule has 24 heavy (non-hydrogen) atoms. The van der Waals surface area contributed by atoms with Crippen molar-refractivity contribution in [2.75, 3.05) is 11.9 Å². The highest BCUT2D eigenvalue weighted by molar-refractivity contribution is 5.74. The SMILES string of the molecule is CCOC(=O)C(C[C@H](Nc1ccccc1)c1ccccc1)[N+](=O)[O-]. The normalized spacial score (nSPS) is 12.9. The number of hydrogen-bond acceptors (Lipinski definition) is 5. The smallest absolute Gasteiger partial charge is 0.381 e. The van der Waals surface area contributed by atoms with Gasteiger partial charge >= 0.3 is 12.0 Å². The third-order valence-electron chi connectivity index (χ3n) is 3.59. The molecule has 0 saturated heterocycles. The maximum Gasteiger partial charge on any atom is 0.381 e. The first-order chi connectivity index (χ1) is 11.6. The molecule has 6 nitrogen and oxygen atoms in total. The van der Waals surface area contributed by atoms with E-state index in [0.29, 0.717) is 0 Å². The molecule has 2 aromatic rings. The van der Waals surface area contributed by atoms with Crippen LogP contribution in [0.3, 0.4) is 0 Å². The zero-order valence-corrected chi connectivity index (χ0v) is 13.4. The molecule has 6 heteroatoms. The van der Waals surface area contributed by atoms with E-state index < -0.39 is 16.9 Å². The second-order valence-electron chi connectivity index (χ2n) is 5.26. The molecule has 0 fully saturated rings. The Kier molecular flexibility index (Phi) is 6.31. The van der Waals surface area contributed by atoms with Crippen LogP contribution in [-0.4, -0.2) is 23.5 Å². The van der Waals surface area contributed by atoms with E-state index >= 15 is 0 Å². The average Bonchev–Trinajstić information content (AvgIpc) is 2.60. The number of carbonyl (C=O) groups excluding carboxylic acids is 1. The Hall–Kier alpha value is -2.89. The number of anilines is 1. The van der Waals surface area contributed by atoms with E-state index in [9.17, 15) is 14.9 Å². The van der Waals surface area contributed by atoms with Gasteiger partial charge in [-0.25, -0.2) is 4.79 Å². The summed E-state index contributed by atoms with van der Waals surface area (Å²) in [5.74, 6) is -0.807. The highest BCUT2D eigenvalue weighted by Gasteiger charge is 2.34. The Morgan fingerprint density at radius 1 is 1.12 bits per heavy atom. The van der Waals surface area contributed by atoms with Gasteiger partial charge in [-0.15, -0.1) is 0 Å². The number of nitrogens with zero attached hydrogens (tertiary/aromatic N) is 1. The highest BCUT2D eigenvalue weighted by atomic mass is 16.6. The maximum absolute atomic E-state index is 11.9. The Balaban J connectivity index is 2.24. The summed E-state index contributed by atoms with van der Waals surface area (Å²) in [4.78, 5) is 22.6. The molecule has 0 saturated carbocycles. The number of ether oxygens (including phenoxy) is 1. The summed E-state index contributed by atoms with van der Waals surface area (Å²) in [6.45, 7) is 1.75. The van der Waals surface area contributed by atoms with Crippen LogP contribution in [0.5, 0.6) is 0 Å². The Morgan fingerprint density at radius 3 is 2.25 bits per heavy atom. The first-order valence-electron chi connectivity index (χ1n) is 7.78. The van der Waals surface area contributed by atoms with E-state index in [-0.39, 0.29) is 19.1 Å². The topological polar surface area (TPSA) is 81.5 Å². The van der Waals surface area contributed by atoms with Crippen molar-refractivity contribution >= 4 is 11.7 Å². The van der Waals surface area contributed by atoms with Gasteiger partial charge in [-0.2, -0.15) is 0 Å². The van der Waals surface area contributed by atoms with Gasteiger partial charge in [0.1, 0.15) is 0 Å². The summed E-state index contributed by atoms with van der Waals surface area (Å²) in [5, 5.41) is 14.6. The largest absolute Gasteiger partial charge is 0.461 e. The van der Waals surface area contributed by atoms with Crippen LogP contribution in [0.4, 0.5) is 5.69 Å². The number of carbonyl (C=O) groups is 1. The average molecular weight is 328 g/mol. The third kappa shape index (κ3) is 4.81. The fourth-order valence-electron chi connectivity index (χ4n) is 2.43. The summed E-state index contributed by atoms with van der Waals surface area (Å²) in [7, 11) is 0.